The Morgan fingerprint density at radius 1 is 0.788 bits per heavy atom. The molecular weight excluding hydrogens is 408 g/mol. The molecule has 1 atom stereocenters. The minimum atomic E-state index is 0.206. The second kappa shape index (κ2) is 17.8. The number of hydrogen-bond acceptors (Lipinski definition) is 2. The fourth-order valence-electron chi connectivity index (χ4n) is 5.80. The molecule has 0 N–H and O–H groups in total. The molecule has 0 aliphatic carbocycles. The molecule has 0 aromatic heterocycles. The van der Waals surface area contributed by atoms with Gasteiger partial charge in [-0.25, -0.2) is 0 Å². The number of carbonyl (C=O) groups excluding carboxylic acids is 1. The minimum absolute atomic E-state index is 0.206. The van der Waals surface area contributed by atoms with Crippen molar-refractivity contribution in [3.63, 3.8) is 0 Å². The van der Waals surface area contributed by atoms with Crippen molar-refractivity contribution in [3.8, 4) is 0 Å². The van der Waals surface area contributed by atoms with E-state index in [1.54, 1.807) is 0 Å². The first kappa shape index (κ1) is 28.6. The van der Waals surface area contributed by atoms with Crippen molar-refractivity contribution in [1.29, 1.82) is 0 Å². The highest BCUT2D eigenvalue weighted by molar-refractivity contribution is 5.78. The Kier molecular flexibility index (Phi) is 15.4. The molecule has 0 radical (unpaired) electrons. The molecule has 2 rings (SSSR count). The molecule has 194 valence electrons. The van der Waals surface area contributed by atoms with Crippen LogP contribution in [0, 0.1) is 0 Å². The fraction of sp³-hybridized carbons (Fsp3) is 0.966. The zero-order valence-electron chi connectivity index (χ0n) is 22.5. The first-order valence-electron chi connectivity index (χ1n) is 14.9. The van der Waals surface area contributed by atoms with Gasteiger partial charge in [0.15, 0.2) is 0 Å². The van der Waals surface area contributed by atoms with E-state index in [2.05, 4.69) is 18.9 Å². The van der Waals surface area contributed by atoms with Crippen molar-refractivity contribution in [3.05, 3.63) is 0 Å². The fourth-order valence-corrected chi connectivity index (χ4v) is 5.80. The molecule has 1 amide bonds. The molecule has 33 heavy (non-hydrogen) atoms. The van der Waals surface area contributed by atoms with Crippen LogP contribution in [0.1, 0.15) is 129 Å². The van der Waals surface area contributed by atoms with Crippen LogP contribution in [0.4, 0.5) is 0 Å². The molecule has 4 heteroatoms. The summed E-state index contributed by atoms with van der Waals surface area (Å²) < 4.78 is 7.55. The van der Waals surface area contributed by atoms with Crippen LogP contribution in [0.3, 0.4) is 0 Å². The predicted octanol–water partition coefficient (Wildman–Crippen LogP) is 7.11. The van der Waals surface area contributed by atoms with E-state index in [0.717, 1.165) is 43.6 Å². The maximum Gasteiger partial charge on any atom is 0.222 e. The molecule has 2 saturated heterocycles. The number of likely N-dealkylation sites (N-methyl/N-ethyl adjacent to an activating group) is 1. The maximum absolute atomic E-state index is 12.2. The molecule has 0 aromatic rings. The number of quaternary nitrogens is 1. The van der Waals surface area contributed by atoms with Gasteiger partial charge in [0.1, 0.15) is 12.6 Å². The molecule has 0 saturated carbocycles. The van der Waals surface area contributed by atoms with Gasteiger partial charge in [-0.05, 0) is 32.1 Å². The number of likely N-dealkylation sites (tertiary alicyclic amines) is 2. The van der Waals surface area contributed by atoms with E-state index in [4.69, 9.17) is 4.74 Å². The van der Waals surface area contributed by atoms with Crippen LogP contribution in [0.5, 0.6) is 0 Å². The molecule has 2 aliphatic heterocycles. The van der Waals surface area contributed by atoms with Gasteiger partial charge in [0.05, 0.1) is 26.7 Å². The van der Waals surface area contributed by atoms with E-state index < -0.39 is 0 Å². The summed E-state index contributed by atoms with van der Waals surface area (Å²) in [7, 11) is 2.40. The Bertz CT molecular complexity index is 490. The van der Waals surface area contributed by atoms with Crippen LogP contribution >= 0.6 is 0 Å². The summed E-state index contributed by atoms with van der Waals surface area (Å²) in [5.74, 6) is 0.335. The quantitative estimate of drug-likeness (QED) is 0.142. The Morgan fingerprint density at radius 2 is 1.33 bits per heavy atom. The summed E-state index contributed by atoms with van der Waals surface area (Å²) in [5.41, 5.74) is 0. The van der Waals surface area contributed by atoms with E-state index in [9.17, 15) is 4.79 Å². The zero-order chi connectivity index (χ0) is 23.6. The summed E-state index contributed by atoms with van der Waals surface area (Å²) in [6, 6.07) is 0. The van der Waals surface area contributed by atoms with Gasteiger partial charge >= 0.3 is 0 Å². The number of unbranched alkanes of at least 4 members (excludes halogenated alkanes) is 13. The van der Waals surface area contributed by atoms with Gasteiger partial charge in [0.25, 0.3) is 0 Å². The minimum Gasteiger partial charge on any atom is -0.370 e. The van der Waals surface area contributed by atoms with Crippen molar-refractivity contribution in [2.45, 2.75) is 135 Å². The van der Waals surface area contributed by atoms with Gasteiger partial charge < -0.3 is 14.1 Å². The number of piperidine rings is 1. The number of carbonyl (C=O) groups is 1. The lowest BCUT2D eigenvalue weighted by Gasteiger charge is -2.40. The van der Waals surface area contributed by atoms with Crippen LogP contribution in [-0.4, -0.2) is 67.8 Å². The summed E-state index contributed by atoms with van der Waals surface area (Å²) in [5, 5.41) is 0. The monoisotopic (exact) mass is 465 g/mol. The van der Waals surface area contributed by atoms with Crippen LogP contribution in [0.15, 0.2) is 0 Å². The lowest BCUT2D eigenvalue weighted by atomic mass is 10.0. The third kappa shape index (κ3) is 13.2. The lowest BCUT2D eigenvalue weighted by Crippen LogP contribution is -2.54. The largest absolute Gasteiger partial charge is 0.370 e. The van der Waals surface area contributed by atoms with E-state index in [1.165, 1.54) is 122 Å². The highest BCUT2D eigenvalue weighted by Gasteiger charge is 2.32. The standard InChI is InChI=1S/C29H57N2O2/c1-3-4-5-6-7-8-9-10-11-12-13-14-15-19-25-33-28(26-30-22-20-21-29(30)32)27-31(2)23-17-16-18-24-31/h28H,3-27H2,1-2H3/q+1. The Balaban J connectivity index is 1.50. The van der Waals surface area contributed by atoms with Gasteiger partial charge in [-0.3, -0.25) is 4.79 Å². The van der Waals surface area contributed by atoms with Gasteiger partial charge in [-0.1, -0.05) is 90.4 Å². The highest BCUT2D eigenvalue weighted by Crippen LogP contribution is 2.20. The van der Waals surface area contributed by atoms with Crippen molar-refractivity contribution in [2.24, 2.45) is 0 Å². The van der Waals surface area contributed by atoms with Gasteiger partial charge in [-0.2, -0.15) is 0 Å². The number of rotatable bonds is 20. The summed E-state index contributed by atoms with van der Waals surface area (Å²) >= 11 is 0. The van der Waals surface area contributed by atoms with Crippen LogP contribution in [-0.2, 0) is 9.53 Å². The molecule has 0 bridgehead atoms. The SMILES string of the molecule is CCCCCCCCCCCCCCCCOC(CN1CCCC1=O)C[N+]1(C)CCCCC1. The summed E-state index contributed by atoms with van der Waals surface area (Å²) in [6.45, 7) is 8.51. The zero-order valence-corrected chi connectivity index (χ0v) is 22.5. The Hall–Kier alpha value is -0.610. The van der Waals surface area contributed by atoms with Gasteiger partial charge in [0.2, 0.25) is 5.91 Å². The maximum atomic E-state index is 12.2. The smallest absolute Gasteiger partial charge is 0.222 e. The second-order valence-electron chi connectivity index (χ2n) is 11.3. The van der Waals surface area contributed by atoms with Gasteiger partial charge in [-0.15, -0.1) is 0 Å². The van der Waals surface area contributed by atoms with E-state index in [1.807, 2.05) is 0 Å². The first-order chi connectivity index (χ1) is 16.1. The summed E-state index contributed by atoms with van der Waals surface area (Å²) in [6.07, 6.45) is 25.5. The first-order valence-corrected chi connectivity index (χ1v) is 14.9. The van der Waals surface area contributed by atoms with Crippen LogP contribution in [0.2, 0.25) is 0 Å². The molecule has 1 unspecified atom stereocenters. The number of amides is 1. The Labute approximate surface area is 206 Å². The average Bonchev–Trinajstić information content (AvgIpc) is 3.20. The average molecular weight is 466 g/mol. The van der Waals surface area contributed by atoms with Crippen molar-refractivity contribution in [1.82, 2.24) is 4.90 Å². The molecular formula is C29H57N2O2+. The highest BCUT2D eigenvalue weighted by atomic mass is 16.5. The molecule has 2 fully saturated rings. The third-order valence-electron chi connectivity index (χ3n) is 7.99. The summed E-state index contributed by atoms with van der Waals surface area (Å²) in [4.78, 5) is 14.2. The Morgan fingerprint density at radius 3 is 1.85 bits per heavy atom. The van der Waals surface area contributed by atoms with Crippen LogP contribution < -0.4 is 0 Å². The van der Waals surface area contributed by atoms with Gasteiger partial charge in [0, 0.05) is 19.6 Å². The lowest BCUT2D eigenvalue weighted by molar-refractivity contribution is -0.916. The molecule has 0 spiro atoms. The number of hydrogen-bond donors (Lipinski definition) is 0. The van der Waals surface area contributed by atoms with Crippen molar-refractivity contribution < 1.29 is 14.0 Å². The van der Waals surface area contributed by atoms with Crippen molar-refractivity contribution in [2.75, 3.05) is 46.4 Å². The molecule has 0 aromatic carbocycles. The number of ether oxygens (including phenoxy) is 1. The molecule has 4 nitrogen and oxygen atoms in total. The third-order valence-corrected chi connectivity index (χ3v) is 7.99. The van der Waals surface area contributed by atoms with E-state index in [-0.39, 0.29) is 6.10 Å². The topological polar surface area (TPSA) is 29.5 Å². The normalized spacial score (nSPS) is 19.3. The van der Waals surface area contributed by atoms with Crippen molar-refractivity contribution >= 4 is 5.91 Å². The molecule has 2 heterocycles. The predicted molar refractivity (Wildman–Crippen MR) is 141 cm³/mol. The number of nitrogens with zero attached hydrogens (tertiary/aromatic N) is 2. The van der Waals surface area contributed by atoms with Crippen LogP contribution in [0.25, 0.3) is 0 Å². The molecule has 2 aliphatic rings. The van der Waals surface area contributed by atoms with E-state index >= 15 is 0 Å². The van der Waals surface area contributed by atoms with E-state index in [0.29, 0.717) is 5.91 Å². The second-order valence-corrected chi connectivity index (χ2v) is 11.3.